The Bertz CT molecular complexity index is 292. The van der Waals surface area contributed by atoms with Crippen LogP contribution >= 0.6 is 0 Å². The number of carbonyl (C=O) groups is 1. The molecule has 1 unspecified atom stereocenters. The number of alkyl carbamates (subject to hydrolysis) is 1. The molecule has 0 aromatic heterocycles. The van der Waals surface area contributed by atoms with Crippen molar-refractivity contribution in [1.29, 1.82) is 0 Å². The van der Waals surface area contributed by atoms with Crippen LogP contribution in [-0.2, 0) is 9.47 Å². The second kappa shape index (κ2) is 5.94. The van der Waals surface area contributed by atoms with E-state index in [1.54, 1.807) is 0 Å². The lowest BCUT2D eigenvalue weighted by Gasteiger charge is -2.25. The van der Waals surface area contributed by atoms with Crippen LogP contribution in [0.15, 0.2) is 11.8 Å². The third-order valence-electron chi connectivity index (χ3n) is 2.42. The first-order chi connectivity index (χ1) is 7.90. The molecule has 1 N–H and O–H groups in total. The summed E-state index contributed by atoms with van der Waals surface area (Å²) in [6, 6.07) is 0.161. The number of carbonyl (C=O) groups excluding carboxylic acids is 1. The summed E-state index contributed by atoms with van der Waals surface area (Å²) in [4.78, 5) is 11.5. The number of hydrogen-bond acceptors (Lipinski definition) is 3. The molecule has 0 bridgehead atoms. The average Bonchev–Trinajstić information content (AvgIpc) is 2.18. The molecule has 0 saturated heterocycles. The maximum Gasteiger partial charge on any atom is 0.407 e. The van der Waals surface area contributed by atoms with Gasteiger partial charge in [0.25, 0.3) is 0 Å². The molecule has 0 fully saturated rings. The highest BCUT2D eigenvalue weighted by Gasteiger charge is 2.21. The zero-order valence-electron chi connectivity index (χ0n) is 11.2. The fourth-order valence-electron chi connectivity index (χ4n) is 1.73. The fraction of sp³-hybridized carbons (Fsp3) is 0.769. The van der Waals surface area contributed by atoms with Crippen LogP contribution in [0.1, 0.15) is 47.0 Å². The first-order valence-corrected chi connectivity index (χ1v) is 6.22. The van der Waals surface area contributed by atoms with E-state index in [1.807, 2.05) is 27.7 Å². The van der Waals surface area contributed by atoms with E-state index in [2.05, 4.69) is 11.4 Å². The zero-order valence-corrected chi connectivity index (χ0v) is 11.2. The molecule has 4 heteroatoms. The Balaban J connectivity index is 2.33. The Hall–Kier alpha value is -1.19. The number of amides is 1. The monoisotopic (exact) mass is 241 g/mol. The topological polar surface area (TPSA) is 47.6 Å². The molecule has 17 heavy (non-hydrogen) atoms. The summed E-state index contributed by atoms with van der Waals surface area (Å²) < 4.78 is 10.6. The summed E-state index contributed by atoms with van der Waals surface area (Å²) in [7, 11) is 0. The molecule has 0 saturated carbocycles. The summed E-state index contributed by atoms with van der Waals surface area (Å²) in [5.41, 5.74) is -0.439. The minimum Gasteiger partial charge on any atom is -0.499 e. The lowest BCUT2D eigenvalue weighted by Crippen LogP contribution is -2.39. The largest absolute Gasteiger partial charge is 0.499 e. The van der Waals surface area contributed by atoms with Gasteiger partial charge in [-0.05, 0) is 46.6 Å². The minimum atomic E-state index is -0.439. The van der Waals surface area contributed by atoms with E-state index in [4.69, 9.17) is 9.47 Å². The quantitative estimate of drug-likeness (QED) is 0.826. The Morgan fingerprint density at radius 3 is 2.71 bits per heavy atom. The van der Waals surface area contributed by atoms with Crippen molar-refractivity contribution in [1.82, 2.24) is 5.32 Å². The van der Waals surface area contributed by atoms with E-state index >= 15 is 0 Å². The molecule has 1 atom stereocenters. The van der Waals surface area contributed by atoms with E-state index in [1.165, 1.54) is 0 Å². The van der Waals surface area contributed by atoms with Crippen LogP contribution in [0.4, 0.5) is 4.79 Å². The first-order valence-electron chi connectivity index (χ1n) is 6.22. The minimum absolute atomic E-state index is 0.161. The fourth-order valence-corrected chi connectivity index (χ4v) is 1.73. The summed E-state index contributed by atoms with van der Waals surface area (Å²) in [6.45, 7) is 8.27. The van der Waals surface area contributed by atoms with Crippen molar-refractivity contribution in [2.45, 2.75) is 58.6 Å². The first kappa shape index (κ1) is 13.9. The Morgan fingerprint density at radius 2 is 2.24 bits per heavy atom. The second-order valence-corrected chi connectivity index (χ2v) is 5.22. The third-order valence-corrected chi connectivity index (χ3v) is 2.42. The summed E-state index contributed by atoms with van der Waals surface area (Å²) in [6.07, 6.45) is 4.32. The van der Waals surface area contributed by atoms with Crippen LogP contribution in [0, 0.1) is 0 Å². The van der Waals surface area contributed by atoms with E-state index in [-0.39, 0.29) is 12.1 Å². The van der Waals surface area contributed by atoms with Crippen molar-refractivity contribution in [3.05, 3.63) is 11.8 Å². The number of rotatable bonds is 3. The van der Waals surface area contributed by atoms with Gasteiger partial charge in [0.05, 0.1) is 12.4 Å². The molecule has 0 aliphatic heterocycles. The van der Waals surface area contributed by atoms with Crippen LogP contribution < -0.4 is 5.32 Å². The Morgan fingerprint density at radius 1 is 1.53 bits per heavy atom. The van der Waals surface area contributed by atoms with Gasteiger partial charge in [0.1, 0.15) is 5.60 Å². The maximum absolute atomic E-state index is 11.5. The van der Waals surface area contributed by atoms with Crippen molar-refractivity contribution >= 4 is 6.09 Å². The molecule has 1 aliphatic rings. The average molecular weight is 241 g/mol. The van der Waals surface area contributed by atoms with Crippen molar-refractivity contribution in [3.8, 4) is 0 Å². The highest BCUT2D eigenvalue weighted by molar-refractivity contribution is 5.68. The number of ether oxygens (including phenoxy) is 2. The SMILES string of the molecule is CCOC1=CCC(NC(=O)OC(C)(C)C)CC1. The Kier molecular flexibility index (Phi) is 4.85. The van der Waals surface area contributed by atoms with E-state index in [0.717, 1.165) is 25.0 Å². The lowest BCUT2D eigenvalue weighted by atomic mass is 10.0. The molecule has 0 aromatic carbocycles. The van der Waals surface area contributed by atoms with Gasteiger partial charge in [-0.15, -0.1) is 0 Å². The van der Waals surface area contributed by atoms with Gasteiger partial charge in [0.15, 0.2) is 0 Å². The molecular weight excluding hydrogens is 218 g/mol. The molecule has 0 spiro atoms. The number of allylic oxidation sites excluding steroid dienone is 1. The van der Waals surface area contributed by atoms with Crippen LogP contribution in [0.2, 0.25) is 0 Å². The van der Waals surface area contributed by atoms with Gasteiger partial charge in [0.2, 0.25) is 0 Å². The normalized spacial score (nSPS) is 20.5. The van der Waals surface area contributed by atoms with Crippen molar-refractivity contribution in [2.75, 3.05) is 6.61 Å². The van der Waals surface area contributed by atoms with Crippen LogP contribution in [-0.4, -0.2) is 24.3 Å². The molecule has 0 radical (unpaired) electrons. The van der Waals surface area contributed by atoms with Gasteiger partial charge < -0.3 is 14.8 Å². The van der Waals surface area contributed by atoms with Crippen LogP contribution in [0.5, 0.6) is 0 Å². The van der Waals surface area contributed by atoms with Gasteiger partial charge in [0, 0.05) is 12.5 Å². The van der Waals surface area contributed by atoms with Gasteiger partial charge in [-0.3, -0.25) is 0 Å². The summed E-state index contributed by atoms with van der Waals surface area (Å²) >= 11 is 0. The third kappa shape index (κ3) is 5.61. The predicted molar refractivity (Wildman–Crippen MR) is 66.7 cm³/mol. The molecule has 0 aromatic rings. The van der Waals surface area contributed by atoms with Gasteiger partial charge in [-0.25, -0.2) is 4.79 Å². The standard InChI is InChI=1S/C13H23NO3/c1-5-16-11-8-6-10(7-9-11)14-12(15)17-13(2,3)4/h8,10H,5-7,9H2,1-4H3,(H,14,15). The van der Waals surface area contributed by atoms with Gasteiger partial charge in [-0.1, -0.05) is 0 Å². The molecule has 1 aliphatic carbocycles. The molecule has 1 rings (SSSR count). The lowest BCUT2D eigenvalue weighted by molar-refractivity contribution is 0.0498. The second-order valence-electron chi connectivity index (χ2n) is 5.22. The Labute approximate surface area is 103 Å². The summed E-state index contributed by atoms with van der Waals surface area (Å²) in [5, 5.41) is 2.88. The van der Waals surface area contributed by atoms with Gasteiger partial charge >= 0.3 is 6.09 Å². The van der Waals surface area contributed by atoms with Crippen LogP contribution in [0.3, 0.4) is 0 Å². The van der Waals surface area contributed by atoms with Gasteiger partial charge in [-0.2, -0.15) is 0 Å². The van der Waals surface area contributed by atoms with E-state index in [0.29, 0.717) is 6.61 Å². The smallest absolute Gasteiger partial charge is 0.407 e. The highest BCUT2D eigenvalue weighted by atomic mass is 16.6. The van der Waals surface area contributed by atoms with E-state index in [9.17, 15) is 4.79 Å². The molecule has 0 heterocycles. The molecule has 1 amide bonds. The van der Waals surface area contributed by atoms with Crippen LogP contribution in [0.25, 0.3) is 0 Å². The summed E-state index contributed by atoms with van der Waals surface area (Å²) in [5.74, 6) is 1.04. The highest BCUT2D eigenvalue weighted by Crippen LogP contribution is 2.19. The predicted octanol–water partition coefficient (Wildman–Crippen LogP) is 2.98. The molecule has 98 valence electrons. The maximum atomic E-state index is 11.5. The number of nitrogens with one attached hydrogen (secondary N) is 1. The zero-order chi connectivity index (χ0) is 12.9. The molecular formula is C13H23NO3. The molecule has 4 nitrogen and oxygen atoms in total. The van der Waals surface area contributed by atoms with E-state index < -0.39 is 5.60 Å². The van der Waals surface area contributed by atoms with Crippen molar-refractivity contribution in [3.63, 3.8) is 0 Å². The van der Waals surface area contributed by atoms with Crippen molar-refractivity contribution in [2.24, 2.45) is 0 Å². The number of hydrogen-bond donors (Lipinski definition) is 1. The van der Waals surface area contributed by atoms with Crippen molar-refractivity contribution < 1.29 is 14.3 Å².